The number of carbonyl (C=O) groups is 4. The van der Waals surface area contributed by atoms with Gasteiger partial charge >= 0.3 is 12.2 Å². The molecular weight excluding hydrogens is 829 g/mol. The highest BCUT2D eigenvalue weighted by Gasteiger charge is 2.42. The molecule has 3 aliphatic rings. The summed E-state index contributed by atoms with van der Waals surface area (Å²) in [4.78, 5) is 73.4. The number of likely N-dealkylation sites (tertiary alicyclic amines) is 2. The minimum Gasteiger partial charge on any atom is -0.488 e. The van der Waals surface area contributed by atoms with Crippen molar-refractivity contribution in [3.05, 3.63) is 102 Å². The molecule has 4 N–H and O–H groups in total. The minimum absolute atomic E-state index is 0.0581. The van der Waals surface area contributed by atoms with E-state index in [-0.39, 0.29) is 35.6 Å². The molecule has 0 bridgehead atoms. The van der Waals surface area contributed by atoms with Gasteiger partial charge in [0.05, 0.1) is 55.8 Å². The van der Waals surface area contributed by atoms with Gasteiger partial charge in [-0.2, -0.15) is 0 Å². The number of hydrogen-bond donors (Lipinski definition) is 4. The fourth-order valence-electron chi connectivity index (χ4n) is 9.77. The molecule has 65 heavy (non-hydrogen) atoms. The van der Waals surface area contributed by atoms with Gasteiger partial charge in [0.2, 0.25) is 5.91 Å². The molecule has 2 aromatic heterocycles. The van der Waals surface area contributed by atoms with Crippen LogP contribution in [0.2, 0.25) is 0 Å². The number of fused-ring (bicyclic) bond motifs is 6. The number of alkyl carbamates (subject to hydrolysis) is 2. The molecule has 0 saturated carbocycles. The highest BCUT2D eigenvalue weighted by Crippen LogP contribution is 2.44. The molecule has 1 unspecified atom stereocenters. The SMILES string of the molecule is COC[C@H]1C[C@@H](c2nc3c(ccc4cc5c(cc43)OCc3cc(-c4cnc([C@@H]6C[C@H](C)CN6C(=O)C(NC(=O)OC)C(C)C)[nH]4)ccc3-5)[nH]2)N(C(=O)[C@H](NC(=O)OC)c2ccccc2)C1. The predicted molar refractivity (Wildman–Crippen MR) is 243 cm³/mol. The van der Waals surface area contributed by atoms with Crippen LogP contribution in [0.4, 0.5) is 9.59 Å². The fourth-order valence-corrected chi connectivity index (χ4v) is 9.77. The number of imidazole rings is 2. The Balaban J connectivity index is 0.981. The second kappa shape index (κ2) is 17.9. The van der Waals surface area contributed by atoms with Crippen molar-refractivity contribution >= 4 is 45.8 Å². The van der Waals surface area contributed by atoms with Crippen molar-refractivity contribution in [3.8, 4) is 28.1 Å². The van der Waals surface area contributed by atoms with E-state index in [1.165, 1.54) is 14.2 Å². The van der Waals surface area contributed by atoms with Gasteiger partial charge in [0, 0.05) is 37.1 Å². The van der Waals surface area contributed by atoms with Crippen molar-refractivity contribution in [1.82, 2.24) is 40.4 Å². The summed E-state index contributed by atoms with van der Waals surface area (Å²) >= 11 is 0. The van der Waals surface area contributed by atoms with Crippen molar-refractivity contribution < 1.29 is 38.1 Å². The lowest BCUT2D eigenvalue weighted by atomic mass is 9.92. The van der Waals surface area contributed by atoms with Gasteiger partial charge in [-0.3, -0.25) is 9.59 Å². The van der Waals surface area contributed by atoms with Crippen LogP contribution >= 0.6 is 0 Å². The van der Waals surface area contributed by atoms with Gasteiger partial charge < -0.3 is 49.3 Å². The Morgan fingerprint density at radius 1 is 0.831 bits per heavy atom. The molecule has 2 saturated heterocycles. The molecule has 16 heteroatoms. The van der Waals surface area contributed by atoms with E-state index in [1.54, 1.807) is 12.0 Å². The van der Waals surface area contributed by atoms with E-state index in [0.29, 0.717) is 49.9 Å². The van der Waals surface area contributed by atoms with Gasteiger partial charge in [-0.25, -0.2) is 19.6 Å². The van der Waals surface area contributed by atoms with Crippen LogP contribution in [0.25, 0.3) is 44.2 Å². The van der Waals surface area contributed by atoms with E-state index < -0.39 is 30.3 Å². The van der Waals surface area contributed by atoms with Crippen molar-refractivity contribution in [2.45, 2.75) is 64.4 Å². The topological polar surface area (TPSA) is 193 Å². The monoisotopic (exact) mass is 882 g/mol. The van der Waals surface area contributed by atoms with Gasteiger partial charge in [-0.15, -0.1) is 0 Å². The number of carbonyl (C=O) groups excluding carboxylic acids is 4. The number of ether oxygens (including phenoxy) is 4. The van der Waals surface area contributed by atoms with Crippen LogP contribution in [-0.2, 0) is 30.4 Å². The highest BCUT2D eigenvalue weighted by atomic mass is 16.5. The molecule has 3 aliphatic heterocycles. The number of methoxy groups -OCH3 is 3. The number of aromatic nitrogens is 4. The molecule has 0 radical (unpaired) electrons. The molecule has 2 fully saturated rings. The maximum atomic E-state index is 14.4. The first kappa shape index (κ1) is 43.3. The third-order valence-electron chi connectivity index (χ3n) is 13.0. The molecule has 5 heterocycles. The van der Waals surface area contributed by atoms with Gasteiger partial charge in [-0.1, -0.05) is 69.3 Å². The summed E-state index contributed by atoms with van der Waals surface area (Å²) in [6, 6.07) is 21.4. The van der Waals surface area contributed by atoms with Gasteiger partial charge in [0.25, 0.3) is 5.91 Å². The largest absolute Gasteiger partial charge is 0.488 e. The second-order valence-corrected chi connectivity index (χ2v) is 17.7. The summed E-state index contributed by atoms with van der Waals surface area (Å²) in [5.41, 5.74) is 7.09. The first-order chi connectivity index (χ1) is 31.4. The van der Waals surface area contributed by atoms with Crippen LogP contribution in [0.15, 0.2) is 79.0 Å². The van der Waals surface area contributed by atoms with E-state index in [1.807, 2.05) is 67.4 Å². The van der Waals surface area contributed by atoms with E-state index in [9.17, 15) is 19.2 Å². The fraction of sp³-hybridized carbons (Fsp3) is 0.388. The number of amides is 4. The Labute approximate surface area is 376 Å². The molecule has 6 atom stereocenters. The molecule has 6 aromatic rings. The normalized spacial score (nSPS) is 20.0. The maximum Gasteiger partial charge on any atom is 0.407 e. The zero-order chi connectivity index (χ0) is 45.5. The summed E-state index contributed by atoms with van der Waals surface area (Å²) in [5, 5.41) is 7.38. The first-order valence-electron chi connectivity index (χ1n) is 22.1. The third kappa shape index (κ3) is 8.34. The molecule has 4 aromatic carbocycles. The minimum atomic E-state index is -0.955. The quantitative estimate of drug-likeness (QED) is 0.101. The average Bonchev–Trinajstić information content (AvgIpc) is 4.15. The lowest BCUT2D eigenvalue weighted by molar-refractivity contribution is -0.136. The van der Waals surface area contributed by atoms with Crippen molar-refractivity contribution in [2.75, 3.05) is 41.0 Å². The Kier molecular flexibility index (Phi) is 11.9. The van der Waals surface area contributed by atoms with E-state index in [2.05, 4.69) is 57.9 Å². The number of nitrogens with zero attached hydrogens (tertiary/aromatic N) is 4. The molecule has 0 aliphatic carbocycles. The summed E-state index contributed by atoms with van der Waals surface area (Å²) in [5.74, 6) is 1.86. The van der Waals surface area contributed by atoms with Crippen LogP contribution in [-0.4, -0.2) is 101 Å². The maximum absolute atomic E-state index is 14.4. The van der Waals surface area contributed by atoms with Crippen LogP contribution in [0.1, 0.15) is 74.5 Å². The van der Waals surface area contributed by atoms with Crippen LogP contribution in [0.5, 0.6) is 5.75 Å². The molecule has 16 nitrogen and oxygen atoms in total. The molecule has 9 rings (SSSR count). The van der Waals surface area contributed by atoms with Crippen molar-refractivity contribution in [2.24, 2.45) is 17.8 Å². The molecule has 338 valence electrons. The summed E-state index contributed by atoms with van der Waals surface area (Å²) in [7, 11) is 4.22. The van der Waals surface area contributed by atoms with Gasteiger partial charge in [-0.05, 0) is 76.6 Å². The molecule has 4 amide bonds. The first-order valence-corrected chi connectivity index (χ1v) is 22.1. The average molecular weight is 883 g/mol. The molecule has 0 spiro atoms. The third-order valence-corrected chi connectivity index (χ3v) is 13.0. The second-order valence-electron chi connectivity index (χ2n) is 17.7. The Morgan fingerprint density at radius 3 is 2.34 bits per heavy atom. The van der Waals surface area contributed by atoms with Crippen LogP contribution in [0, 0.1) is 17.8 Å². The number of aromatic amines is 2. The highest BCUT2D eigenvalue weighted by molar-refractivity contribution is 6.07. The Hall–Kier alpha value is -6.94. The van der Waals surface area contributed by atoms with Gasteiger partial charge in [0.15, 0.2) is 0 Å². The summed E-state index contributed by atoms with van der Waals surface area (Å²) in [6.45, 7) is 7.74. The smallest absolute Gasteiger partial charge is 0.407 e. The van der Waals surface area contributed by atoms with Crippen LogP contribution in [0.3, 0.4) is 0 Å². The van der Waals surface area contributed by atoms with Crippen LogP contribution < -0.4 is 15.4 Å². The van der Waals surface area contributed by atoms with E-state index >= 15 is 0 Å². The summed E-state index contributed by atoms with van der Waals surface area (Å²) < 4.78 is 21.7. The zero-order valence-corrected chi connectivity index (χ0v) is 37.3. The number of H-pyrrole nitrogens is 2. The number of benzene rings is 4. The lowest BCUT2D eigenvalue weighted by Gasteiger charge is -2.30. The number of nitrogens with one attached hydrogen (secondary N) is 4. The predicted octanol–water partition coefficient (Wildman–Crippen LogP) is 7.59. The Bertz CT molecular complexity index is 2770. The van der Waals surface area contributed by atoms with Crippen molar-refractivity contribution in [1.29, 1.82) is 0 Å². The standard InChI is InChI=1S/C49H54N8O8/c1-26(2)41(54-48(60)63-5)46(58)56-22-27(3)16-38(56)44-50-21-37(52-44)31-12-14-33-32(18-31)25-65-40-20-34-30(19-35(33)40)13-15-36-43(34)53-45(51-36)39-17-28(24-62-4)23-57(39)47(59)42(55-49(61)64-6)29-10-8-7-9-11-29/h7-15,18-21,26-28,38-39,41-42H,16-17,22-25H2,1-6H3,(H,50,52)(H,51,53)(H,54,60)(H,55,61)/t27-,28-,38-,39-,41?,42+/m0/s1. The number of hydrogen-bond acceptors (Lipinski definition) is 10. The van der Waals surface area contributed by atoms with Crippen molar-refractivity contribution in [3.63, 3.8) is 0 Å². The molecular formula is C49H54N8O8. The van der Waals surface area contributed by atoms with E-state index in [4.69, 9.17) is 28.9 Å². The zero-order valence-electron chi connectivity index (χ0n) is 37.3. The Morgan fingerprint density at radius 2 is 1.58 bits per heavy atom. The van der Waals surface area contributed by atoms with E-state index in [0.717, 1.165) is 61.9 Å². The summed E-state index contributed by atoms with van der Waals surface area (Å²) in [6.07, 6.45) is 1.85. The van der Waals surface area contributed by atoms with Gasteiger partial charge in [0.1, 0.15) is 36.1 Å². The number of rotatable bonds is 11. The lowest BCUT2D eigenvalue weighted by Crippen LogP contribution is -2.51.